The molecule has 1 amide bonds. The summed E-state index contributed by atoms with van der Waals surface area (Å²) in [7, 11) is 0. The zero-order valence-electron chi connectivity index (χ0n) is 14.9. The topological polar surface area (TPSA) is 37.9 Å². The summed E-state index contributed by atoms with van der Waals surface area (Å²) in [6.45, 7) is 4.06. The molecule has 4 heteroatoms. The number of amides is 1. The van der Waals surface area contributed by atoms with Crippen molar-refractivity contribution in [3.63, 3.8) is 0 Å². The molecule has 27 heavy (non-hydrogen) atoms. The van der Waals surface area contributed by atoms with Crippen LogP contribution in [0.25, 0.3) is 28.4 Å². The summed E-state index contributed by atoms with van der Waals surface area (Å²) in [5.41, 5.74) is 4.89. The molecule has 4 aromatic rings. The molecule has 0 aliphatic rings. The molecule has 3 aromatic carbocycles. The Labute approximate surface area is 158 Å². The average Bonchev–Trinajstić information content (AvgIpc) is 3.07. The SMILES string of the molecule is C=Cn1c[n+](CC(=O)Nc2ccccc2-c2ccccc2)c2ccccc21. The number of para-hydroxylation sites is 3. The van der Waals surface area contributed by atoms with E-state index in [0.29, 0.717) is 0 Å². The third-order valence-corrected chi connectivity index (χ3v) is 4.53. The van der Waals surface area contributed by atoms with E-state index < -0.39 is 0 Å². The second kappa shape index (κ2) is 7.30. The quantitative estimate of drug-likeness (QED) is 0.532. The van der Waals surface area contributed by atoms with Crippen molar-refractivity contribution in [3.8, 4) is 11.1 Å². The lowest BCUT2D eigenvalue weighted by Crippen LogP contribution is -2.39. The van der Waals surface area contributed by atoms with Crippen molar-refractivity contribution in [1.29, 1.82) is 0 Å². The van der Waals surface area contributed by atoms with Crippen molar-refractivity contribution in [3.05, 3.63) is 91.8 Å². The summed E-state index contributed by atoms with van der Waals surface area (Å²) in [5.74, 6) is -0.0738. The minimum Gasteiger partial charge on any atom is -0.322 e. The molecule has 1 N–H and O–H groups in total. The number of benzene rings is 3. The predicted octanol–water partition coefficient (Wildman–Crippen LogP) is 4.34. The summed E-state index contributed by atoms with van der Waals surface area (Å²) in [4.78, 5) is 12.7. The van der Waals surface area contributed by atoms with Gasteiger partial charge in [0.2, 0.25) is 6.33 Å². The number of fused-ring (bicyclic) bond motifs is 1. The maximum atomic E-state index is 12.7. The smallest absolute Gasteiger partial charge is 0.266 e. The number of hydrogen-bond acceptors (Lipinski definition) is 1. The van der Waals surface area contributed by atoms with Crippen LogP contribution in [0.15, 0.2) is 91.8 Å². The van der Waals surface area contributed by atoms with E-state index in [9.17, 15) is 4.79 Å². The normalized spacial score (nSPS) is 10.7. The van der Waals surface area contributed by atoms with E-state index in [2.05, 4.69) is 11.9 Å². The fourth-order valence-corrected chi connectivity index (χ4v) is 3.28. The first-order valence-electron chi connectivity index (χ1n) is 8.82. The zero-order chi connectivity index (χ0) is 18.6. The highest BCUT2D eigenvalue weighted by molar-refractivity contribution is 5.95. The maximum absolute atomic E-state index is 12.7. The lowest BCUT2D eigenvalue weighted by molar-refractivity contribution is -0.658. The molecule has 1 aromatic heterocycles. The minimum absolute atomic E-state index is 0.0738. The van der Waals surface area contributed by atoms with E-state index in [1.54, 1.807) is 6.20 Å². The molecule has 132 valence electrons. The molecule has 0 bridgehead atoms. The van der Waals surface area contributed by atoms with Crippen LogP contribution in [-0.2, 0) is 11.3 Å². The van der Waals surface area contributed by atoms with Crippen molar-refractivity contribution in [2.24, 2.45) is 0 Å². The number of hydrogen-bond donors (Lipinski definition) is 1. The molecule has 0 saturated carbocycles. The third-order valence-electron chi connectivity index (χ3n) is 4.53. The summed E-state index contributed by atoms with van der Waals surface area (Å²) >= 11 is 0. The summed E-state index contributed by atoms with van der Waals surface area (Å²) < 4.78 is 3.85. The zero-order valence-corrected chi connectivity index (χ0v) is 14.9. The maximum Gasteiger partial charge on any atom is 0.266 e. The highest BCUT2D eigenvalue weighted by atomic mass is 16.1. The van der Waals surface area contributed by atoms with Gasteiger partial charge >= 0.3 is 0 Å². The summed E-state index contributed by atoms with van der Waals surface area (Å²) in [6.07, 6.45) is 3.63. The first-order valence-corrected chi connectivity index (χ1v) is 8.82. The van der Waals surface area contributed by atoms with Crippen LogP contribution in [-0.4, -0.2) is 10.5 Å². The minimum atomic E-state index is -0.0738. The monoisotopic (exact) mass is 354 g/mol. The van der Waals surface area contributed by atoms with Crippen molar-refractivity contribution in [2.75, 3.05) is 5.32 Å². The first-order chi connectivity index (χ1) is 13.3. The van der Waals surface area contributed by atoms with Gasteiger partial charge in [-0.1, -0.05) is 67.2 Å². The number of anilines is 1. The van der Waals surface area contributed by atoms with Gasteiger partial charge in [0.15, 0.2) is 17.6 Å². The van der Waals surface area contributed by atoms with Crippen LogP contribution in [0.5, 0.6) is 0 Å². The molecular formula is C23H20N3O+. The van der Waals surface area contributed by atoms with Crippen molar-refractivity contribution < 1.29 is 9.36 Å². The lowest BCUT2D eigenvalue weighted by atomic mass is 10.0. The Morgan fingerprint density at radius 2 is 1.67 bits per heavy atom. The van der Waals surface area contributed by atoms with Crippen LogP contribution in [0.3, 0.4) is 0 Å². The second-order valence-corrected chi connectivity index (χ2v) is 6.28. The Hall–Kier alpha value is -3.66. The molecule has 0 saturated heterocycles. The lowest BCUT2D eigenvalue weighted by Gasteiger charge is -2.10. The van der Waals surface area contributed by atoms with E-state index in [4.69, 9.17) is 0 Å². The van der Waals surface area contributed by atoms with E-state index in [1.165, 1.54) is 0 Å². The highest BCUT2D eigenvalue weighted by Crippen LogP contribution is 2.27. The number of imidazole rings is 1. The van der Waals surface area contributed by atoms with E-state index >= 15 is 0 Å². The number of nitrogens with one attached hydrogen (secondary N) is 1. The van der Waals surface area contributed by atoms with Gasteiger partial charge in [0, 0.05) is 11.3 Å². The van der Waals surface area contributed by atoms with Gasteiger partial charge in [-0.2, -0.15) is 0 Å². The fourth-order valence-electron chi connectivity index (χ4n) is 3.28. The van der Waals surface area contributed by atoms with Crippen molar-refractivity contribution >= 4 is 28.8 Å². The molecule has 0 spiro atoms. The Morgan fingerprint density at radius 3 is 2.48 bits per heavy atom. The van der Waals surface area contributed by atoms with Crippen LogP contribution < -0.4 is 9.88 Å². The third kappa shape index (κ3) is 3.37. The van der Waals surface area contributed by atoms with Gasteiger partial charge in [-0.25, -0.2) is 9.13 Å². The van der Waals surface area contributed by atoms with E-state index in [-0.39, 0.29) is 12.5 Å². The van der Waals surface area contributed by atoms with Gasteiger partial charge in [0.05, 0.1) is 6.20 Å². The second-order valence-electron chi connectivity index (χ2n) is 6.28. The Balaban J connectivity index is 1.61. The van der Waals surface area contributed by atoms with Crippen molar-refractivity contribution in [1.82, 2.24) is 4.57 Å². The van der Waals surface area contributed by atoms with Gasteiger partial charge in [-0.15, -0.1) is 0 Å². The van der Waals surface area contributed by atoms with Gasteiger partial charge in [0.25, 0.3) is 5.91 Å². The number of carbonyl (C=O) groups is 1. The number of aromatic nitrogens is 2. The van der Waals surface area contributed by atoms with Gasteiger partial charge in [0.1, 0.15) is 0 Å². The highest BCUT2D eigenvalue weighted by Gasteiger charge is 2.17. The molecule has 0 aliphatic heterocycles. The predicted molar refractivity (Wildman–Crippen MR) is 109 cm³/mol. The Morgan fingerprint density at radius 1 is 0.963 bits per heavy atom. The Bertz CT molecular complexity index is 1110. The molecule has 0 atom stereocenters. The van der Waals surface area contributed by atoms with Gasteiger partial charge < -0.3 is 5.32 Å². The summed E-state index contributed by atoms with van der Waals surface area (Å²) in [6, 6.07) is 25.9. The molecule has 1 heterocycles. The number of carbonyl (C=O) groups excluding carboxylic acids is 1. The first kappa shape index (κ1) is 16.8. The van der Waals surface area contributed by atoms with E-state index in [1.807, 2.05) is 94.3 Å². The van der Waals surface area contributed by atoms with E-state index in [0.717, 1.165) is 27.8 Å². The fraction of sp³-hybridized carbons (Fsp3) is 0.0435. The molecule has 4 nitrogen and oxygen atoms in total. The van der Waals surface area contributed by atoms with Gasteiger partial charge in [-0.3, -0.25) is 4.79 Å². The molecule has 4 rings (SSSR count). The standard InChI is InChI=1S/C23H19N3O/c1-2-25-17-26(22-15-9-8-14-21(22)25)16-23(27)24-20-13-7-6-12-19(20)18-10-4-3-5-11-18/h2-15,17H,1,16H2/p+1. The largest absolute Gasteiger partial charge is 0.322 e. The van der Waals surface area contributed by atoms with Crippen molar-refractivity contribution in [2.45, 2.75) is 6.54 Å². The number of nitrogens with zero attached hydrogens (tertiary/aromatic N) is 2. The molecule has 0 radical (unpaired) electrons. The average molecular weight is 354 g/mol. The number of rotatable bonds is 5. The van der Waals surface area contributed by atoms with Crippen LogP contribution in [0, 0.1) is 0 Å². The Kier molecular flexibility index (Phi) is 4.54. The summed E-state index contributed by atoms with van der Waals surface area (Å²) in [5, 5.41) is 3.05. The molecule has 0 unspecified atom stereocenters. The van der Waals surface area contributed by atoms with Crippen LogP contribution in [0.2, 0.25) is 0 Å². The van der Waals surface area contributed by atoms with Crippen LogP contribution in [0.1, 0.15) is 0 Å². The van der Waals surface area contributed by atoms with Crippen LogP contribution in [0.4, 0.5) is 5.69 Å². The molecule has 0 aliphatic carbocycles. The molecular weight excluding hydrogens is 334 g/mol. The van der Waals surface area contributed by atoms with Gasteiger partial charge in [-0.05, 0) is 23.8 Å². The molecule has 0 fully saturated rings. The van der Waals surface area contributed by atoms with Crippen LogP contribution >= 0.6 is 0 Å².